The van der Waals surface area contributed by atoms with Crippen LogP contribution in [0, 0.1) is 0 Å². The second kappa shape index (κ2) is 6.97. The van der Waals surface area contributed by atoms with Gasteiger partial charge < -0.3 is 19.9 Å². The molecule has 1 unspecified atom stereocenters. The molecule has 3 rings (SSSR count). The number of aromatic carboxylic acids is 1. The number of pyridine rings is 1. The molecule has 0 fully saturated rings. The van der Waals surface area contributed by atoms with Gasteiger partial charge in [-0.05, 0) is 36.8 Å². The Morgan fingerprint density at radius 2 is 1.93 bits per heavy atom. The predicted molar refractivity (Wildman–Crippen MR) is 94.2 cm³/mol. The average molecular weight is 396 g/mol. The van der Waals surface area contributed by atoms with E-state index in [9.17, 15) is 23.1 Å². The van der Waals surface area contributed by atoms with Gasteiger partial charge in [-0.25, -0.2) is 9.78 Å². The maximum atomic E-state index is 12.7. The Labute approximate surface area is 159 Å². The third kappa shape index (κ3) is 4.04. The van der Waals surface area contributed by atoms with E-state index >= 15 is 0 Å². The highest BCUT2D eigenvalue weighted by atomic mass is 19.4. The number of hydrogen-bond donors (Lipinski definition) is 2. The van der Waals surface area contributed by atoms with Gasteiger partial charge in [0.15, 0.2) is 11.4 Å². The van der Waals surface area contributed by atoms with Crippen LogP contribution in [0.5, 0.6) is 5.75 Å². The minimum atomic E-state index is -4.40. The molecule has 0 saturated carbocycles. The first-order valence-corrected chi connectivity index (χ1v) is 8.51. The lowest BCUT2D eigenvalue weighted by atomic mass is 10.0. The maximum Gasteiger partial charge on any atom is 0.416 e. The zero-order valence-electron chi connectivity index (χ0n) is 15.4. The number of alkyl halides is 3. The van der Waals surface area contributed by atoms with Gasteiger partial charge in [0, 0.05) is 37.8 Å². The number of hydrogen-bond acceptors (Lipinski definition) is 5. The van der Waals surface area contributed by atoms with Gasteiger partial charge in [-0.3, -0.25) is 0 Å². The van der Waals surface area contributed by atoms with E-state index in [0.717, 1.165) is 12.1 Å². The number of carbonyl (C=O) groups is 1. The van der Waals surface area contributed by atoms with E-state index in [1.807, 2.05) is 0 Å². The molecule has 6 nitrogen and oxygen atoms in total. The van der Waals surface area contributed by atoms with Crippen molar-refractivity contribution in [2.45, 2.75) is 45.4 Å². The van der Waals surface area contributed by atoms with E-state index in [0.29, 0.717) is 16.8 Å². The highest BCUT2D eigenvalue weighted by Gasteiger charge is 2.37. The largest absolute Gasteiger partial charge is 0.476 e. The van der Waals surface area contributed by atoms with Crippen molar-refractivity contribution in [1.82, 2.24) is 4.98 Å². The summed E-state index contributed by atoms with van der Waals surface area (Å²) in [6.07, 6.45) is -3.45. The van der Waals surface area contributed by atoms with Crippen LogP contribution >= 0.6 is 0 Å². The first-order chi connectivity index (χ1) is 13.0. The molecular formula is C19H19F3N2O4. The van der Waals surface area contributed by atoms with Gasteiger partial charge in [0.2, 0.25) is 5.79 Å². The molecule has 0 aliphatic carbocycles. The average Bonchev–Trinajstić information content (AvgIpc) is 2.57. The van der Waals surface area contributed by atoms with E-state index in [1.165, 1.54) is 18.3 Å². The Morgan fingerprint density at radius 1 is 1.29 bits per heavy atom. The zero-order valence-corrected chi connectivity index (χ0v) is 15.4. The number of nitrogens with one attached hydrogen (secondary N) is 1. The van der Waals surface area contributed by atoms with Crippen molar-refractivity contribution in [3.63, 3.8) is 0 Å². The molecule has 0 saturated heterocycles. The minimum absolute atomic E-state index is 0.142. The zero-order chi connectivity index (χ0) is 20.7. The van der Waals surface area contributed by atoms with Crippen LogP contribution in [0.2, 0.25) is 0 Å². The van der Waals surface area contributed by atoms with Crippen LogP contribution in [-0.4, -0.2) is 21.8 Å². The quantitative estimate of drug-likeness (QED) is 0.785. The number of aromatic nitrogens is 1. The molecule has 2 N–H and O–H groups in total. The smallest absolute Gasteiger partial charge is 0.416 e. The minimum Gasteiger partial charge on any atom is -0.476 e. The summed E-state index contributed by atoms with van der Waals surface area (Å²) < 4.78 is 49.5. The van der Waals surface area contributed by atoms with Crippen LogP contribution in [0.3, 0.4) is 0 Å². The third-order valence-electron chi connectivity index (χ3n) is 4.27. The second-order valence-corrected chi connectivity index (χ2v) is 6.87. The summed E-state index contributed by atoms with van der Waals surface area (Å²) in [6, 6.07) is 4.63. The Morgan fingerprint density at radius 3 is 2.50 bits per heavy atom. The molecule has 2 aromatic rings. The van der Waals surface area contributed by atoms with Gasteiger partial charge in [-0.15, -0.1) is 0 Å². The SMILES string of the molecule is CC1OC(C)(C)Oc2c(C(=O)O)ncc(CNc3ccc(C(F)(F)F)cc3)c21. The molecule has 28 heavy (non-hydrogen) atoms. The summed E-state index contributed by atoms with van der Waals surface area (Å²) in [4.78, 5) is 15.5. The first kappa shape index (κ1) is 19.9. The number of ether oxygens (including phenoxy) is 2. The molecule has 0 spiro atoms. The second-order valence-electron chi connectivity index (χ2n) is 6.87. The molecule has 0 radical (unpaired) electrons. The number of fused-ring (bicyclic) bond motifs is 1. The third-order valence-corrected chi connectivity index (χ3v) is 4.27. The van der Waals surface area contributed by atoms with Crippen molar-refractivity contribution < 1.29 is 32.5 Å². The van der Waals surface area contributed by atoms with E-state index in [2.05, 4.69) is 10.3 Å². The van der Waals surface area contributed by atoms with Gasteiger partial charge >= 0.3 is 12.1 Å². The molecule has 0 amide bonds. The van der Waals surface area contributed by atoms with Gasteiger partial charge in [0.25, 0.3) is 0 Å². The molecule has 1 aromatic heterocycles. The number of benzene rings is 1. The summed E-state index contributed by atoms with van der Waals surface area (Å²) in [5.74, 6) is -2.09. The summed E-state index contributed by atoms with van der Waals surface area (Å²) in [7, 11) is 0. The van der Waals surface area contributed by atoms with Crippen molar-refractivity contribution in [1.29, 1.82) is 0 Å². The van der Waals surface area contributed by atoms with Crippen LogP contribution in [0.25, 0.3) is 0 Å². The lowest BCUT2D eigenvalue weighted by molar-refractivity contribution is -0.202. The fourth-order valence-corrected chi connectivity index (χ4v) is 3.12. The summed E-state index contributed by atoms with van der Waals surface area (Å²) in [5, 5.41) is 12.4. The highest BCUT2D eigenvalue weighted by molar-refractivity contribution is 5.89. The molecule has 0 bridgehead atoms. The number of anilines is 1. The molecule has 1 aliphatic rings. The van der Waals surface area contributed by atoms with Crippen molar-refractivity contribution in [3.05, 3.63) is 52.8 Å². The fourth-order valence-electron chi connectivity index (χ4n) is 3.12. The normalized spacial score (nSPS) is 18.1. The molecule has 150 valence electrons. The predicted octanol–water partition coefficient (Wildman–Crippen LogP) is 4.62. The number of rotatable bonds is 4. The van der Waals surface area contributed by atoms with E-state index in [1.54, 1.807) is 20.8 Å². The van der Waals surface area contributed by atoms with Gasteiger partial charge in [0.1, 0.15) is 0 Å². The molecular weight excluding hydrogens is 377 g/mol. The topological polar surface area (TPSA) is 80.7 Å². The van der Waals surface area contributed by atoms with Crippen LogP contribution in [-0.2, 0) is 17.5 Å². The Balaban J connectivity index is 1.88. The Kier molecular flexibility index (Phi) is 4.97. The fraction of sp³-hybridized carbons (Fsp3) is 0.368. The number of carboxylic acids is 1. The molecule has 1 atom stereocenters. The van der Waals surface area contributed by atoms with E-state index in [-0.39, 0.29) is 18.0 Å². The van der Waals surface area contributed by atoms with Gasteiger partial charge in [-0.1, -0.05) is 0 Å². The summed E-state index contributed by atoms with van der Waals surface area (Å²) >= 11 is 0. The lowest BCUT2D eigenvalue weighted by Crippen LogP contribution is -2.38. The monoisotopic (exact) mass is 396 g/mol. The molecule has 2 heterocycles. The van der Waals surface area contributed by atoms with Crippen LogP contribution < -0.4 is 10.1 Å². The Bertz CT molecular complexity index is 895. The highest BCUT2D eigenvalue weighted by Crippen LogP contribution is 2.42. The molecule has 1 aliphatic heterocycles. The van der Waals surface area contributed by atoms with Crippen molar-refractivity contribution in [3.8, 4) is 5.75 Å². The van der Waals surface area contributed by atoms with Gasteiger partial charge in [0.05, 0.1) is 11.7 Å². The summed E-state index contributed by atoms with van der Waals surface area (Å²) in [5.41, 5.74) is 0.709. The summed E-state index contributed by atoms with van der Waals surface area (Å²) in [6.45, 7) is 5.32. The van der Waals surface area contributed by atoms with Crippen molar-refractivity contribution in [2.24, 2.45) is 0 Å². The molecule has 9 heteroatoms. The van der Waals surface area contributed by atoms with Crippen LogP contribution in [0.15, 0.2) is 30.5 Å². The standard InChI is InChI=1S/C19H19F3N2O4/c1-10-14-11(8-23-13-6-4-12(5-7-13)19(20,21)22)9-24-15(17(25)26)16(14)28-18(2,3)27-10/h4-7,9-10,23H,8H2,1-3H3,(H,25,26). The van der Waals surface area contributed by atoms with Crippen molar-refractivity contribution >= 4 is 11.7 Å². The van der Waals surface area contributed by atoms with Crippen LogP contribution in [0.4, 0.5) is 18.9 Å². The van der Waals surface area contributed by atoms with E-state index < -0.39 is 29.6 Å². The van der Waals surface area contributed by atoms with Crippen molar-refractivity contribution in [2.75, 3.05) is 5.32 Å². The Hall–Kier alpha value is -2.81. The van der Waals surface area contributed by atoms with E-state index in [4.69, 9.17) is 9.47 Å². The number of nitrogens with zero attached hydrogens (tertiary/aromatic N) is 1. The first-order valence-electron chi connectivity index (χ1n) is 8.51. The number of halogens is 3. The number of carboxylic acid groups (broad SMARTS) is 1. The molecule has 1 aromatic carbocycles. The lowest BCUT2D eigenvalue weighted by Gasteiger charge is -2.37. The maximum absolute atomic E-state index is 12.7. The van der Waals surface area contributed by atoms with Crippen LogP contribution in [0.1, 0.15) is 54.1 Å². The van der Waals surface area contributed by atoms with Gasteiger partial charge in [-0.2, -0.15) is 13.2 Å².